The molecule has 1 aliphatic carbocycles. The lowest BCUT2D eigenvalue weighted by Crippen LogP contribution is -2.08. The van der Waals surface area contributed by atoms with Crippen molar-refractivity contribution in [3.8, 4) is 6.07 Å². The Morgan fingerprint density at radius 3 is 2.25 bits per heavy atom. The van der Waals surface area contributed by atoms with Gasteiger partial charge in [-0.1, -0.05) is 39.0 Å². The number of hydrogen-bond donors (Lipinski definition) is 0. The highest BCUT2D eigenvalue weighted by Gasteiger charge is 2.16. The average molecular weight is 165 g/mol. The van der Waals surface area contributed by atoms with E-state index in [0.717, 1.165) is 6.42 Å². The van der Waals surface area contributed by atoms with Crippen LogP contribution in [0.15, 0.2) is 0 Å². The van der Waals surface area contributed by atoms with E-state index in [0.29, 0.717) is 11.8 Å². The van der Waals surface area contributed by atoms with E-state index in [-0.39, 0.29) is 0 Å². The Hall–Kier alpha value is -0.510. The predicted molar refractivity (Wildman–Crippen MR) is 50.6 cm³/mol. The molecule has 0 aromatic carbocycles. The van der Waals surface area contributed by atoms with Crippen molar-refractivity contribution in [1.29, 1.82) is 5.26 Å². The van der Waals surface area contributed by atoms with Crippen LogP contribution in [-0.2, 0) is 0 Å². The van der Waals surface area contributed by atoms with Crippen molar-refractivity contribution < 1.29 is 0 Å². The molecule has 0 N–H and O–H groups in total. The summed E-state index contributed by atoms with van der Waals surface area (Å²) in [6.45, 7) is 2.24. The zero-order valence-electron chi connectivity index (χ0n) is 8.05. The lowest BCUT2D eigenvalue weighted by molar-refractivity contribution is 0.382. The van der Waals surface area contributed by atoms with E-state index in [9.17, 15) is 0 Å². The second kappa shape index (κ2) is 5.19. The molecular formula is C11H19N. The first kappa shape index (κ1) is 9.58. The van der Waals surface area contributed by atoms with Crippen molar-refractivity contribution in [2.75, 3.05) is 0 Å². The van der Waals surface area contributed by atoms with Crippen LogP contribution >= 0.6 is 0 Å². The molecule has 2 atom stereocenters. The van der Waals surface area contributed by atoms with Gasteiger partial charge in [-0.15, -0.1) is 0 Å². The molecule has 0 bridgehead atoms. The van der Waals surface area contributed by atoms with E-state index in [1.165, 1.54) is 38.5 Å². The van der Waals surface area contributed by atoms with Gasteiger partial charge >= 0.3 is 0 Å². The van der Waals surface area contributed by atoms with Crippen molar-refractivity contribution in [1.82, 2.24) is 0 Å². The Morgan fingerprint density at radius 1 is 1.00 bits per heavy atom. The van der Waals surface area contributed by atoms with Crippen molar-refractivity contribution in [2.45, 2.75) is 51.9 Å². The summed E-state index contributed by atoms with van der Waals surface area (Å²) in [6, 6.07) is 2.45. The first-order valence-corrected chi connectivity index (χ1v) is 5.24. The molecule has 2 unspecified atom stereocenters. The molecule has 0 saturated heterocycles. The van der Waals surface area contributed by atoms with Gasteiger partial charge in [-0.05, 0) is 18.8 Å². The Balaban J connectivity index is 2.42. The Bertz CT molecular complexity index is 157. The van der Waals surface area contributed by atoms with Gasteiger partial charge in [-0.3, -0.25) is 0 Å². The molecule has 1 heteroatoms. The molecule has 68 valence electrons. The molecule has 0 amide bonds. The first-order chi connectivity index (χ1) is 5.84. The fourth-order valence-electron chi connectivity index (χ4n) is 2.04. The molecule has 1 saturated carbocycles. The summed E-state index contributed by atoms with van der Waals surface area (Å²) in [7, 11) is 0. The standard InChI is InChI=1S/C11H19N/c1-10-7-5-3-2-4-6-8-11(10)9-12/h10-11H,2-8H2,1H3. The van der Waals surface area contributed by atoms with Gasteiger partial charge in [0.05, 0.1) is 6.07 Å². The Labute approximate surface area is 75.8 Å². The largest absolute Gasteiger partial charge is 0.198 e. The highest BCUT2D eigenvalue weighted by atomic mass is 14.3. The minimum Gasteiger partial charge on any atom is -0.198 e. The molecule has 12 heavy (non-hydrogen) atoms. The molecule has 0 aromatic rings. The summed E-state index contributed by atoms with van der Waals surface area (Å²) in [5, 5.41) is 8.92. The summed E-state index contributed by atoms with van der Waals surface area (Å²) in [6.07, 6.45) is 9.09. The van der Waals surface area contributed by atoms with Gasteiger partial charge < -0.3 is 0 Å². The van der Waals surface area contributed by atoms with E-state index >= 15 is 0 Å². The molecule has 0 heterocycles. The van der Waals surface area contributed by atoms with Crippen LogP contribution in [0.2, 0.25) is 0 Å². The second-order valence-electron chi connectivity index (χ2n) is 4.06. The van der Waals surface area contributed by atoms with E-state index in [1.807, 2.05) is 0 Å². The van der Waals surface area contributed by atoms with Crippen LogP contribution in [0, 0.1) is 23.2 Å². The van der Waals surface area contributed by atoms with E-state index in [2.05, 4.69) is 13.0 Å². The van der Waals surface area contributed by atoms with Crippen LogP contribution in [0.25, 0.3) is 0 Å². The third-order valence-corrected chi connectivity index (χ3v) is 3.03. The van der Waals surface area contributed by atoms with E-state index in [4.69, 9.17) is 5.26 Å². The summed E-state index contributed by atoms with van der Waals surface area (Å²) in [5.74, 6) is 0.969. The van der Waals surface area contributed by atoms with Crippen LogP contribution in [0.5, 0.6) is 0 Å². The molecule has 0 aliphatic heterocycles. The highest BCUT2D eigenvalue weighted by Crippen LogP contribution is 2.26. The van der Waals surface area contributed by atoms with Gasteiger partial charge in [-0.25, -0.2) is 0 Å². The summed E-state index contributed by atoms with van der Waals surface area (Å²) in [5.41, 5.74) is 0. The van der Waals surface area contributed by atoms with Gasteiger partial charge in [0.2, 0.25) is 0 Å². The van der Waals surface area contributed by atoms with Gasteiger partial charge in [0.25, 0.3) is 0 Å². The van der Waals surface area contributed by atoms with Crippen LogP contribution in [-0.4, -0.2) is 0 Å². The number of nitriles is 1. The van der Waals surface area contributed by atoms with Crippen molar-refractivity contribution >= 4 is 0 Å². The monoisotopic (exact) mass is 165 g/mol. The van der Waals surface area contributed by atoms with E-state index in [1.54, 1.807) is 0 Å². The van der Waals surface area contributed by atoms with Crippen LogP contribution in [0.4, 0.5) is 0 Å². The van der Waals surface area contributed by atoms with Crippen molar-refractivity contribution in [2.24, 2.45) is 11.8 Å². The maximum atomic E-state index is 8.92. The maximum absolute atomic E-state index is 8.92. The fourth-order valence-corrected chi connectivity index (χ4v) is 2.04. The quantitative estimate of drug-likeness (QED) is 0.539. The number of nitrogens with zero attached hydrogens (tertiary/aromatic N) is 1. The van der Waals surface area contributed by atoms with Crippen molar-refractivity contribution in [3.05, 3.63) is 0 Å². The second-order valence-corrected chi connectivity index (χ2v) is 4.06. The Morgan fingerprint density at radius 2 is 1.58 bits per heavy atom. The molecule has 0 radical (unpaired) electrons. The smallest absolute Gasteiger partial charge is 0.0658 e. The minimum atomic E-state index is 0.336. The molecule has 0 aromatic heterocycles. The van der Waals surface area contributed by atoms with E-state index < -0.39 is 0 Å². The Kier molecular flexibility index (Phi) is 4.14. The SMILES string of the molecule is CC1CCCCCCCC1C#N. The molecule has 1 aliphatic rings. The molecule has 0 spiro atoms. The average Bonchev–Trinajstić information content (AvgIpc) is 2.17. The van der Waals surface area contributed by atoms with Crippen LogP contribution < -0.4 is 0 Å². The molecule has 1 rings (SSSR count). The van der Waals surface area contributed by atoms with Gasteiger partial charge in [0.15, 0.2) is 0 Å². The minimum absolute atomic E-state index is 0.336. The zero-order valence-corrected chi connectivity index (χ0v) is 8.05. The zero-order chi connectivity index (χ0) is 8.81. The summed E-state index contributed by atoms with van der Waals surface area (Å²) < 4.78 is 0. The van der Waals surface area contributed by atoms with Crippen LogP contribution in [0.1, 0.15) is 51.9 Å². The van der Waals surface area contributed by atoms with Crippen molar-refractivity contribution in [3.63, 3.8) is 0 Å². The third kappa shape index (κ3) is 2.85. The number of rotatable bonds is 0. The topological polar surface area (TPSA) is 23.8 Å². The van der Waals surface area contributed by atoms with Gasteiger partial charge in [-0.2, -0.15) is 5.26 Å². The normalized spacial score (nSPS) is 32.7. The highest BCUT2D eigenvalue weighted by molar-refractivity contribution is 4.86. The molecule has 1 nitrogen and oxygen atoms in total. The fraction of sp³-hybridized carbons (Fsp3) is 0.909. The maximum Gasteiger partial charge on any atom is 0.0658 e. The van der Waals surface area contributed by atoms with Crippen LogP contribution in [0.3, 0.4) is 0 Å². The lowest BCUT2D eigenvalue weighted by Gasteiger charge is -2.15. The number of hydrogen-bond acceptors (Lipinski definition) is 1. The molecular weight excluding hydrogens is 146 g/mol. The summed E-state index contributed by atoms with van der Waals surface area (Å²) >= 11 is 0. The summed E-state index contributed by atoms with van der Waals surface area (Å²) in [4.78, 5) is 0. The van der Waals surface area contributed by atoms with Gasteiger partial charge in [0, 0.05) is 5.92 Å². The van der Waals surface area contributed by atoms with Gasteiger partial charge in [0.1, 0.15) is 0 Å². The predicted octanol–water partition coefficient (Wildman–Crippen LogP) is 3.51. The molecule has 1 fully saturated rings. The lowest BCUT2D eigenvalue weighted by atomic mass is 9.88. The first-order valence-electron chi connectivity index (χ1n) is 5.24. The third-order valence-electron chi connectivity index (χ3n) is 3.03.